The Morgan fingerprint density at radius 2 is 2.07 bits per heavy atom. The quantitative estimate of drug-likeness (QED) is 0.666. The van der Waals surface area contributed by atoms with Gasteiger partial charge in [0.15, 0.2) is 0 Å². The van der Waals surface area contributed by atoms with Crippen molar-refractivity contribution in [2.45, 2.75) is 25.9 Å². The minimum absolute atomic E-state index is 0.0983. The van der Waals surface area contributed by atoms with Gasteiger partial charge in [-0.05, 0) is 30.7 Å². The van der Waals surface area contributed by atoms with Crippen molar-refractivity contribution in [2.24, 2.45) is 0 Å². The van der Waals surface area contributed by atoms with E-state index in [1.807, 2.05) is 30.3 Å². The van der Waals surface area contributed by atoms with Gasteiger partial charge in [-0.25, -0.2) is 0 Å². The summed E-state index contributed by atoms with van der Waals surface area (Å²) in [7, 11) is 0. The lowest BCUT2D eigenvalue weighted by Crippen LogP contribution is -2.12. The van der Waals surface area contributed by atoms with E-state index in [0.717, 1.165) is 23.6 Å². The van der Waals surface area contributed by atoms with Gasteiger partial charge in [-0.2, -0.15) is 0 Å². The van der Waals surface area contributed by atoms with Crippen LogP contribution < -0.4 is 4.74 Å². The van der Waals surface area contributed by atoms with Crippen LogP contribution in [0.2, 0.25) is 5.02 Å². The van der Waals surface area contributed by atoms with Gasteiger partial charge in [0.1, 0.15) is 11.9 Å². The zero-order chi connectivity index (χ0) is 10.4. The summed E-state index contributed by atoms with van der Waals surface area (Å²) in [5.74, 6) is 0.841. The molecule has 1 nitrogen and oxygen atoms in total. The molecule has 0 radical (unpaired) electrons. The molecule has 1 rings (SSSR count). The molecule has 0 amide bonds. The summed E-state index contributed by atoms with van der Waals surface area (Å²) >= 11 is 5.77. The van der Waals surface area contributed by atoms with Gasteiger partial charge in [0, 0.05) is 5.02 Å². The summed E-state index contributed by atoms with van der Waals surface area (Å²) in [6, 6.07) is 7.38. The van der Waals surface area contributed by atoms with Crippen LogP contribution in [0.25, 0.3) is 0 Å². The lowest BCUT2D eigenvalue weighted by molar-refractivity contribution is 0.238. The van der Waals surface area contributed by atoms with Crippen molar-refractivity contribution < 1.29 is 4.74 Å². The van der Waals surface area contributed by atoms with Gasteiger partial charge < -0.3 is 4.74 Å². The third kappa shape index (κ3) is 3.43. The van der Waals surface area contributed by atoms with Crippen LogP contribution in [0.15, 0.2) is 36.9 Å². The molecule has 0 bridgehead atoms. The number of hydrogen-bond acceptors (Lipinski definition) is 1. The molecule has 0 aliphatic rings. The molecule has 14 heavy (non-hydrogen) atoms. The van der Waals surface area contributed by atoms with Gasteiger partial charge in [0.25, 0.3) is 0 Å². The second kappa shape index (κ2) is 5.71. The summed E-state index contributed by atoms with van der Waals surface area (Å²) in [5.41, 5.74) is 0. The highest BCUT2D eigenvalue weighted by molar-refractivity contribution is 6.30. The van der Waals surface area contributed by atoms with Crippen LogP contribution in [-0.2, 0) is 0 Å². The van der Waals surface area contributed by atoms with Crippen molar-refractivity contribution in [1.29, 1.82) is 0 Å². The Morgan fingerprint density at radius 1 is 1.43 bits per heavy atom. The van der Waals surface area contributed by atoms with Crippen LogP contribution in [0.1, 0.15) is 19.8 Å². The normalized spacial score (nSPS) is 12.1. The van der Waals surface area contributed by atoms with Crippen LogP contribution in [0.3, 0.4) is 0 Å². The van der Waals surface area contributed by atoms with Gasteiger partial charge in [-0.3, -0.25) is 0 Å². The predicted molar refractivity (Wildman–Crippen MR) is 61.0 cm³/mol. The first kappa shape index (κ1) is 11.1. The Bertz CT molecular complexity index is 279. The fraction of sp³-hybridized carbons (Fsp3) is 0.333. The molecule has 0 aliphatic carbocycles. The second-order valence-electron chi connectivity index (χ2n) is 3.13. The van der Waals surface area contributed by atoms with E-state index in [9.17, 15) is 0 Å². The van der Waals surface area contributed by atoms with E-state index in [1.165, 1.54) is 0 Å². The summed E-state index contributed by atoms with van der Waals surface area (Å²) in [4.78, 5) is 0. The molecule has 0 spiro atoms. The zero-order valence-corrected chi connectivity index (χ0v) is 9.13. The molecule has 1 aromatic carbocycles. The minimum Gasteiger partial charge on any atom is -0.486 e. The lowest BCUT2D eigenvalue weighted by atomic mass is 10.2. The van der Waals surface area contributed by atoms with Crippen LogP contribution in [0.4, 0.5) is 0 Å². The molecule has 76 valence electrons. The van der Waals surface area contributed by atoms with Gasteiger partial charge in [-0.15, -0.1) is 0 Å². The van der Waals surface area contributed by atoms with E-state index >= 15 is 0 Å². The Labute approximate surface area is 90.3 Å². The maximum Gasteiger partial charge on any atom is 0.120 e. The SMILES string of the molecule is C=C[C@H](CCC)Oc1ccc(Cl)cc1. The molecule has 0 N–H and O–H groups in total. The molecule has 2 heteroatoms. The first-order valence-corrected chi connectivity index (χ1v) is 5.19. The Morgan fingerprint density at radius 3 is 2.57 bits per heavy atom. The number of halogens is 1. The highest BCUT2D eigenvalue weighted by Crippen LogP contribution is 2.18. The highest BCUT2D eigenvalue weighted by atomic mass is 35.5. The summed E-state index contributed by atoms with van der Waals surface area (Å²) < 4.78 is 5.68. The number of benzene rings is 1. The van der Waals surface area contributed by atoms with E-state index in [2.05, 4.69) is 13.5 Å². The lowest BCUT2D eigenvalue weighted by Gasteiger charge is -2.14. The van der Waals surface area contributed by atoms with Gasteiger partial charge in [0.2, 0.25) is 0 Å². The van der Waals surface area contributed by atoms with Crippen molar-refractivity contribution in [1.82, 2.24) is 0 Å². The Balaban J connectivity index is 2.57. The standard InChI is InChI=1S/C12H15ClO/c1-3-5-11(4-2)14-12-8-6-10(13)7-9-12/h4,6-9,11H,2-3,5H2,1H3/t11-/m1/s1. The van der Waals surface area contributed by atoms with E-state index in [4.69, 9.17) is 16.3 Å². The smallest absolute Gasteiger partial charge is 0.120 e. The van der Waals surface area contributed by atoms with Crippen molar-refractivity contribution in [3.8, 4) is 5.75 Å². The van der Waals surface area contributed by atoms with E-state index in [1.54, 1.807) is 0 Å². The number of hydrogen-bond donors (Lipinski definition) is 0. The monoisotopic (exact) mass is 210 g/mol. The Kier molecular flexibility index (Phi) is 4.54. The van der Waals surface area contributed by atoms with E-state index in [-0.39, 0.29) is 6.10 Å². The molecule has 0 aliphatic heterocycles. The van der Waals surface area contributed by atoms with Gasteiger partial charge in [-0.1, -0.05) is 37.6 Å². The Hall–Kier alpha value is -0.950. The summed E-state index contributed by atoms with van der Waals surface area (Å²) in [6.45, 7) is 5.87. The molecule has 1 atom stereocenters. The van der Waals surface area contributed by atoms with Crippen LogP contribution in [-0.4, -0.2) is 6.10 Å². The van der Waals surface area contributed by atoms with Crippen molar-refractivity contribution in [2.75, 3.05) is 0 Å². The van der Waals surface area contributed by atoms with E-state index in [0.29, 0.717) is 0 Å². The fourth-order valence-electron chi connectivity index (χ4n) is 1.20. The number of rotatable bonds is 5. The molecule has 1 aromatic rings. The molecule has 0 fully saturated rings. The average Bonchev–Trinajstić information content (AvgIpc) is 2.20. The molecular weight excluding hydrogens is 196 g/mol. The van der Waals surface area contributed by atoms with Crippen LogP contribution in [0, 0.1) is 0 Å². The minimum atomic E-state index is 0.0983. The van der Waals surface area contributed by atoms with Crippen molar-refractivity contribution >= 4 is 11.6 Å². The number of ether oxygens (including phenoxy) is 1. The van der Waals surface area contributed by atoms with Crippen LogP contribution >= 0.6 is 11.6 Å². The summed E-state index contributed by atoms with van der Waals surface area (Å²) in [5, 5.41) is 0.725. The third-order valence-electron chi connectivity index (χ3n) is 1.94. The molecule has 0 unspecified atom stereocenters. The molecular formula is C12H15ClO. The summed E-state index contributed by atoms with van der Waals surface area (Å²) in [6.07, 6.45) is 4.01. The largest absolute Gasteiger partial charge is 0.486 e. The van der Waals surface area contributed by atoms with Crippen molar-refractivity contribution in [3.05, 3.63) is 41.9 Å². The molecule has 0 saturated carbocycles. The molecule has 0 aromatic heterocycles. The molecule has 0 saturated heterocycles. The zero-order valence-electron chi connectivity index (χ0n) is 8.37. The topological polar surface area (TPSA) is 9.23 Å². The van der Waals surface area contributed by atoms with Crippen molar-refractivity contribution in [3.63, 3.8) is 0 Å². The maximum atomic E-state index is 5.77. The first-order chi connectivity index (χ1) is 6.76. The van der Waals surface area contributed by atoms with Crippen LogP contribution in [0.5, 0.6) is 5.75 Å². The third-order valence-corrected chi connectivity index (χ3v) is 2.19. The first-order valence-electron chi connectivity index (χ1n) is 4.81. The second-order valence-corrected chi connectivity index (χ2v) is 3.57. The molecule has 0 heterocycles. The van der Waals surface area contributed by atoms with E-state index < -0.39 is 0 Å². The van der Waals surface area contributed by atoms with Gasteiger partial charge in [0.05, 0.1) is 0 Å². The average molecular weight is 211 g/mol. The van der Waals surface area contributed by atoms with Gasteiger partial charge >= 0.3 is 0 Å². The predicted octanol–water partition coefficient (Wildman–Crippen LogP) is 4.07. The fourth-order valence-corrected chi connectivity index (χ4v) is 1.32. The highest BCUT2D eigenvalue weighted by Gasteiger charge is 2.03. The maximum absolute atomic E-state index is 5.77.